The van der Waals surface area contributed by atoms with Crippen LogP contribution < -0.4 is 0 Å². The quantitative estimate of drug-likeness (QED) is 0.649. The van der Waals surface area contributed by atoms with Crippen molar-refractivity contribution in [2.75, 3.05) is 32.1 Å². The fourth-order valence-electron chi connectivity index (χ4n) is 4.84. The summed E-state index contributed by atoms with van der Waals surface area (Å²) in [6.07, 6.45) is 11.9. The van der Waals surface area contributed by atoms with Crippen molar-refractivity contribution in [3.8, 4) is 0 Å². The highest BCUT2D eigenvalue weighted by atomic mass is 32.2. The number of nitrogens with zero attached hydrogens (tertiary/aromatic N) is 2. The Morgan fingerprint density at radius 1 is 1.19 bits per heavy atom. The van der Waals surface area contributed by atoms with E-state index in [1.165, 1.54) is 5.57 Å². The van der Waals surface area contributed by atoms with Crippen LogP contribution in [0, 0.1) is 11.8 Å². The van der Waals surface area contributed by atoms with Gasteiger partial charge in [-0.25, -0.2) is 8.42 Å². The minimum absolute atomic E-state index is 0.198. The Morgan fingerprint density at radius 3 is 2.71 bits per heavy atom. The first-order valence-electron chi connectivity index (χ1n) is 11.5. The molecule has 0 aromatic carbocycles. The monoisotopic (exact) mass is 442 g/mol. The third-order valence-electron chi connectivity index (χ3n) is 6.87. The summed E-state index contributed by atoms with van der Waals surface area (Å²) in [4.78, 5) is 17.1. The first-order chi connectivity index (χ1) is 15.0. The predicted molar refractivity (Wildman–Crippen MR) is 120 cm³/mol. The second kappa shape index (κ2) is 8.60. The molecule has 0 radical (unpaired) electrons. The summed E-state index contributed by atoms with van der Waals surface area (Å²) in [5, 5.41) is 0. The highest BCUT2D eigenvalue weighted by molar-refractivity contribution is 7.89. The fourth-order valence-corrected chi connectivity index (χ4v) is 6.66. The minimum atomic E-state index is -3.26. The second-order valence-electron chi connectivity index (χ2n) is 9.22. The van der Waals surface area contributed by atoms with Crippen molar-refractivity contribution in [3.63, 3.8) is 0 Å². The van der Waals surface area contributed by atoms with Gasteiger partial charge in [0.25, 0.3) is 0 Å². The molecule has 2 aliphatic carbocycles. The molecule has 2 fully saturated rings. The van der Waals surface area contributed by atoms with Crippen molar-refractivity contribution in [1.82, 2.24) is 9.29 Å². The fraction of sp³-hybridized carbons (Fsp3) is 0.583. The SMILES string of the molecule is O=C(Cc1cc(C2=CCN(S(=O)(=O)CC3CCOCC3)CC2)c2c(n1)CC=C2)C1CC1. The number of carbonyl (C=O) groups excluding carboxylic acids is 1. The molecule has 7 heteroatoms. The highest BCUT2D eigenvalue weighted by Crippen LogP contribution is 2.34. The maximum atomic E-state index is 12.9. The van der Waals surface area contributed by atoms with Crippen LogP contribution in [0.2, 0.25) is 0 Å². The maximum absolute atomic E-state index is 12.9. The molecule has 0 amide bonds. The Balaban J connectivity index is 1.32. The maximum Gasteiger partial charge on any atom is 0.214 e. The molecule has 0 bridgehead atoms. The topological polar surface area (TPSA) is 76.6 Å². The third-order valence-corrected chi connectivity index (χ3v) is 8.88. The highest BCUT2D eigenvalue weighted by Gasteiger charge is 2.31. The lowest BCUT2D eigenvalue weighted by atomic mass is 9.94. The summed E-state index contributed by atoms with van der Waals surface area (Å²) < 4.78 is 32.8. The number of sulfonamides is 1. The Morgan fingerprint density at radius 2 is 2.00 bits per heavy atom. The van der Waals surface area contributed by atoms with Crippen LogP contribution in [0.25, 0.3) is 11.6 Å². The number of allylic oxidation sites excluding steroid dienone is 1. The molecule has 1 saturated heterocycles. The lowest BCUT2D eigenvalue weighted by Gasteiger charge is -2.29. The van der Waals surface area contributed by atoms with Crippen molar-refractivity contribution < 1.29 is 17.9 Å². The van der Waals surface area contributed by atoms with E-state index in [2.05, 4.69) is 24.3 Å². The first-order valence-corrected chi connectivity index (χ1v) is 13.1. The van der Waals surface area contributed by atoms with Gasteiger partial charge in [0.1, 0.15) is 5.78 Å². The number of hydrogen-bond donors (Lipinski definition) is 0. The van der Waals surface area contributed by atoms with E-state index in [0.29, 0.717) is 44.9 Å². The summed E-state index contributed by atoms with van der Waals surface area (Å²) in [5.41, 5.74) is 5.31. The zero-order valence-corrected chi connectivity index (χ0v) is 18.7. The van der Waals surface area contributed by atoms with Crippen molar-refractivity contribution >= 4 is 27.5 Å². The molecule has 0 atom stereocenters. The van der Waals surface area contributed by atoms with Crippen molar-refractivity contribution in [3.05, 3.63) is 40.7 Å². The molecular weight excluding hydrogens is 412 g/mol. The van der Waals surface area contributed by atoms with E-state index in [4.69, 9.17) is 9.72 Å². The minimum Gasteiger partial charge on any atom is -0.381 e. The summed E-state index contributed by atoms with van der Waals surface area (Å²) in [6.45, 7) is 2.25. The zero-order valence-electron chi connectivity index (χ0n) is 17.9. The molecule has 1 aromatic heterocycles. The van der Waals surface area contributed by atoms with E-state index >= 15 is 0 Å². The Kier molecular flexibility index (Phi) is 5.84. The molecule has 0 N–H and O–H groups in total. The van der Waals surface area contributed by atoms with Gasteiger partial charge in [-0.1, -0.05) is 18.2 Å². The van der Waals surface area contributed by atoms with Gasteiger partial charge in [-0.2, -0.15) is 4.31 Å². The normalized spacial score (nSPS) is 22.4. The summed E-state index contributed by atoms with van der Waals surface area (Å²) >= 11 is 0. The van der Waals surface area contributed by atoms with Gasteiger partial charge in [0.2, 0.25) is 10.0 Å². The number of Topliss-reactive ketones (excluding diaryl/α,β-unsaturated/α-hetero) is 1. The van der Waals surface area contributed by atoms with E-state index in [0.717, 1.165) is 54.6 Å². The van der Waals surface area contributed by atoms with Crippen LogP contribution in [0.15, 0.2) is 18.2 Å². The molecule has 3 heterocycles. The second-order valence-corrected chi connectivity index (χ2v) is 11.2. The number of aromatic nitrogens is 1. The molecule has 166 valence electrons. The van der Waals surface area contributed by atoms with E-state index < -0.39 is 10.0 Å². The lowest BCUT2D eigenvalue weighted by Crippen LogP contribution is -2.39. The number of rotatable bonds is 7. The van der Waals surface area contributed by atoms with Crippen molar-refractivity contribution in [1.29, 1.82) is 0 Å². The number of pyridine rings is 1. The van der Waals surface area contributed by atoms with E-state index in [1.807, 2.05) is 0 Å². The number of ketones is 1. The largest absolute Gasteiger partial charge is 0.381 e. The van der Waals surface area contributed by atoms with Crippen LogP contribution in [0.3, 0.4) is 0 Å². The molecule has 0 unspecified atom stereocenters. The average Bonchev–Trinajstić information content (AvgIpc) is 3.52. The van der Waals surface area contributed by atoms with Gasteiger partial charge in [0.15, 0.2) is 0 Å². The lowest BCUT2D eigenvalue weighted by molar-refractivity contribution is -0.119. The molecule has 6 nitrogen and oxygen atoms in total. The van der Waals surface area contributed by atoms with Crippen LogP contribution in [0.5, 0.6) is 0 Å². The number of fused-ring (bicyclic) bond motifs is 1. The van der Waals surface area contributed by atoms with E-state index in [9.17, 15) is 13.2 Å². The molecule has 1 aromatic rings. The molecule has 0 spiro atoms. The van der Waals surface area contributed by atoms with Crippen molar-refractivity contribution in [2.24, 2.45) is 11.8 Å². The molecule has 1 saturated carbocycles. The van der Waals surface area contributed by atoms with E-state index in [-0.39, 0.29) is 17.6 Å². The van der Waals surface area contributed by atoms with Gasteiger partial charge in [-0.3, -0.25) is 9.78 Å². The van der Waals surface area contributed by atoms with Gasteiger partial charge in [0, 0.05) is 56.3 Å². The van der Waals surface area contributed by atoms with Gasteiger partial charge in [0.05, 0.1) is 11.4 Å². The summed E-state index contributed by atoms with van der Waals surface area (Å²) in [6, 6.07) is 2.06. The Labute approximate surface area is 184 Å². The number of hydrogen-bond acceptors (Lipinski definition) is 5. The predicted octanol–water partition coefficient (Wildman–Crippen LogP) is 3.02. The Bertz CT molecular complexity index is 1030. The van der Waals surface area contributed by atoms with Crippen LogP contribution in [0.1, 0.15) is 54.6 Å². The smallest absolute Gasteiger partial charge is 0.214 e. The van der Waals surface area contributed by atoms with Crippen LogP contribution in [0.4, 0.5) is 0 Å². The van der Waals surface area contributed by atoms with Crippen LogP contribution >= 0.6 is 0 Å². The average molecular weight is 443 g/mol. The number of carbonyl (C=O) groups is 1. The van der Waals surface area contributed by atoms with E-state index in [1.54, 1.807) is 4.31 Å². The standard InChI is InChI=1S/C24H30N2O4S/c27-24(19-4-5-19)15-20-14-22(21-2-1-3-23(21)25-20)18-6-10-26(11-7-18)31(28,29)16-17-8-12-30-13-9-17/h1-2,6,14,17,19H,3-5,7-13,15-16H2. The van der Waals surface area contributed by atoms with Gasteiger partial charge in [-0.05, 0) is 55.2 Å². The van der Waals surface area contributed by atoms with Gasteiger partial charge in [-0.15, -0.1) is 0 Å². The molecular formula is C24H30N2O4S. The summed E-state index contributed by atoms with van der Waals surface area (Å²) in [7, 11) is -3.26. The zero-order chi connectivity index (χ0) is 21.4. The first kappa shape index (κ1) is 21.0. The van der Waals surface area contributed by atoms with Crippen molar-refractivity contribution in [2.45, 2.75) is 44.9 Å². The molecule has 5 rings (SSSR count). The van der Waals surface area contributed by atoms with Gasteiger partial charge >= 0.3 is 0 Å². The number of ether oxygens (including phenoxy) is 1. The third kappa shape index (κ3) is 4.69. The molecule has 4 aliphatic rings. The summed E-state index contributed by atoms with van der Waals surface area (Å²) in [5.74, 6) is 0.956. The van der Waals surface area contributed by atoms with Crippen LogP contribution in [-0.2, 0) is 32.4 Å². The molecule has 2 aliphatic heterocycles. The van der Waals surface area contributed by atoms with Crippen LogP contribution in [-0.4, -0.2) is 55.5 Å². The van der Waals surface area contributed by atoms with Gasteiger partial charge < -0.3 is 4.74 Å². The molecule has 31 heavy (non-hydrogen) atoms. The Hall–Kier alpha value is -1.83.